The summed E-state index contributed by atoms with van der Waals surface area (Å²) in [5.41, 5.74) is 0.864. The van der Waals surface area contributed by atoms with Gasteiger partial charge in [0.2, 0.25) is 11.6 Å². The Kier molecular flexibility index (Phi) is 6.99. The van der Waals surface area contributed by atoms with Gasteiger partial charge in [0.15, 0.2) is 6.29 Å². The fourth-order valence-electron chi connectivity index (χ4n) is 6.20. The molecule has 3 aliphatic rings. The first-order valence-corrected chi connectivity index (χ1v) is 13.1. The van der Waals surface area contributed by atoms with Crippen LogP contribution in [0, 0.1) is 0 Å². The summed E-state index contributed by atoms with van der Waals surface area (Å²) in [5, 5.41) is 65.8. The maximum Gasteiger partial charge on any atom is 0.316 e. The van der Waals surface area contributed by atoms with E-state index in [1.807, 2.05) is 0 Å². The van der Waals surface area contributed by atoms with Crippen molar-refractivity contribution >= 4 is 17.5 Å². The number of nitrogens with two attached hydrogens (primary N) is 1. The minimum Gasteiger partial charge on any atom is -0.507 e. The van der Waals surface area contributed by atoms with E-state index in [9.17, 15) is 45.0 Å². The highest BCUT2D eigenvalue weighted by molar-refractivity contribution is 6.32. The van der Waals surface area contributed by atoms with Gasteiger partial charge in [-0.3, -0.25) is 14.4 Å². The van der Waals surface area contributed by atoms with Crippen molar-refractivity contribution < 1.29 is 59.2 Å². The molecular formula is C28H31NO12. The van der Waals surface area contributed by atoms with Crippen molar-refractivity contribution in [2.75, 3.05) is 7.11 Å². The molecule has 2 aliphatic carbocycles. The molecule has 7 atom stereocenters. The first-order valence-electron chi connectivity index (χ1n) is 13.1. The predicted molar refractivity (Wildman–Crippen MR) is 138 cm³/mol. The van der Waals surface area contributed by atoms with Crippen molar-refractivity contribution in [2.45, 2.75) is 75.3 Å². The zero-order chi connectivity index (χ0) is 30.1. The Hall–Kier alpha value is -3.75. The quantitative estimate of drug-likeness (QED) is 0.171. The van der Waals surface area contributed by atoms with E-state index in [1.165, 1.54) is 0 Å². The lowest BCUT2D eigenvalue weighted by Gasteiger charge is -2.45. The Balaban J connectivity index is 1.77. The van der Waals surface area contributed by atoms with Gasteiger partial charge in [-0.25, -0.2) is 0 Å². The van der Waals surface area contributed by atoms with Crippen molar-refractivity contribution in [2.24, 2.45) is 5.73 Å². The molecule has 1 heterocycles. The first-order chi connectivity index (χ1) is 19.3. The number of carbonyl (C=O) groups excluding carboxylic acids is 3. The fourth-order valence-corrected chi connectivity index (χ4v) is 6.20. The van der Waals surface area contributed by atoms with Gasteiger partial charge in [0, 0.05) is 30.0 Å². The van der Waals surface area contributed by atoms with Gasteiger partial charge >= 0.3 is 5.97 Å². The molecule has 0 aromatic heterocycles. The number of ketones is 2. The normalized spacial score (nSPS) is 30.8. The first kappa shape index (κ1) is 28.8. The average Bonchev–Trinajstić information content (AvgIpc) is 2.92. The lowest BCUT2D eigenvalue weighted by molar-refractivity contribution is -0.249. The maximum atomic E-state index is 13.6. The molecular weight excluding hydrogens is 542 g/mol. The highest BCUT2D eigenvalue weighted by Crippen LogP contribution is 2.57. The number of phenolic OH excluding ortho intramolecular Hbond substituents is 4. The summed E-state index contributed by atoms with van der Waals surface area (Å²) in [6.45, 7) is 3.15. The van der Waals surface area contributed by atoms with Crippen LogP contribution in [0.1, 0.15) is 88.1 Å². The second-order valence-corrected chi connectivity index (χ2v) is 10.7. The Labute approximate surface area is 233 Å². The summed E-state index contributed by atoms with van der Waals surface area (Å²) < 4.78 is 16.8. The number of esters is 1. The third-order valence-electron chi connectivity index (χ3n) is 8.40. The van der Waals surface area contributed by atoms with Crippen LogP contribution in [-0.2, 0) is 19.0 Å². The number of benzene rings is 2. The molecule has 0 radical (unpaired) electrons. The third-order valence-corrected chi connectivity index (χ3v) is 8.40. The van der Waals surface area contributed by atoms with E-state index in [-0.39, 0.29) is 24.8 Å². The summed E-state index contributed by atoms with van der Waals surface area (Å²) in [6.07, 6.45) is -4.48. The number of hydrogen-bond donors (Lipinski definition) is 7. The van der Waals surface area contributed by atoms with Crippen LogP contribution in [0.15, 0.2) is 12.1 Å². The van der Waals surface area contributed by atoms with Crippen molar-refractivity contribution in [1.82, 2.24) is 0 Å². The number of hydrogen-bond acceptors (Lipinski definition) is 13. The standard InChI is InChI=1S/C28H31NO12/c1-4-28(38)8-13(41-14-7-10(29)22(32)9(2)40-14)17-18(21(28)27(37)39-3)26(36)20-19(25(17)35)23(33)15-11(30)5-6-12(31)16(15)24(20)34/h5-6,9-10,13-14,21-22,30-32,35-36,38H,4,7-8,29H2,1-3H3/t9-,10-,13-,14-,21-,22+,28+/m0/s1. The fraction of sp³-hybridized carbons (Fsp3) is 0.464. The summed E-state index contributed by atoms with van der Waals surface area (Å²) in [7, 11) is 1.06. The molecule has 41 heavy (non-hydrogen) atoms. The van der Waals surface area contributed by atoms with Crippen LogP contribution >= 0.6 is 0 Å². The SMILES string of the molecule is CC[C@@]1(O)C[C@H](O[C@H]2C[C@H](N)[C@H](O)[C@H](C)O2)c2c(O)c3c(c(O)c2[C@H]1C(=O)OC)C(=O)c1c(O)ccc(O)c1C3=O. The third kappa shape index (κ3) is 4.15. The minimum absolute atomic E-state index is 0.0119. The number of fused-ring (bicyclic) bond motifs is 3. The Morgan fingerprint density at radius 1 is 1.02 bits per heavy atom. The van der Waals surface area contributed by atoms with Gasteiger partial charge in [-0.05, 0) is 25.5 Å². The number of carbonyl (C=O) groups is 3. The maximum absolute atomic E-state index is 13.6. The van der Waals surface area contributed by atoms with Gasteiger partial charge in [0.25, 0.3) is 0 Å². The molecule has 1 aliphatic heterocycles. The zero-order valence-electron chi connectivity index (χ0n) is 22.5. The van der Waals surface area contributed by atoms with E-state index in [4.69, 9.17) is 19.9 Å². The molecule has 0 amide bonds. The number of methoxy groups -OCH3 is 1. The van der Waals surface area contributed by atoms with Gasteiger partial charge < -0.3 is 50.6 Å². The second kappa shape index (κ2) is 9.96. The van der Waals surface area contributed by atoms with E-state index in [0.717, 1.165) is 19.2 Å². The number of aromatic hydroxyl groups is 4. The van der Waals surface area contributed by atoms with Gasteiger partial charge in [-0.1, -0.05) is 6.92 Å². The van der Waals surface area contributed by atoms with Crippen molar-refractivity contribution in [3.05, 3.63) is 45.5 Å². The zero-order valence-corrected chi connectivity index (χ0v) is 22.5. The molecule has 8 N–H and O–H groups in total. The van der Waals surface area contributed by atoms with E-state index >= 15 is 0 Å². The highest BCUT2D eigenvalue weighted by atomic mass is 16.7. The second-order valence-electron chi connectivity index (χ2n) is 10.7. The van der Waals surface area contributed by atoms with Crippen molar-refractivity contribution in [1.29, 1.82) is 0 Å². The van der Waals surface area contributed by atoms with Gasteiger partial charge in [0.1, 0.15) is 28.9 Å². The topological polar surface area (TPSA) is 226 Å². The summed E-state index contributed by atoms with van der Waals surface area (Å²) in [6, 6.07) is 1.25. The van der Waals surface area contributed by atoms with Crippen molar-refractivity contribution in [3.63, 3.8) is 0 Å². The van der Waals surface area contributed by atoms with E-state index in [2.05, 4.69) is 0 Å². The largest absolute Gasteiger partial charge is 0.507 e. The molecule has 5 rings (SSSR count). The van der Waals surface area contributed by atoms with Crippen molar-refractivity contribution in [3.8, 4) is 23.0 Å². The molecule has 13 nitrogen and oxygen atoms in total. The summed E-state index contributed by atoms with van der Waals surface area (Å²) in [4.78, 5) is 40.3. The van der Waals surface area contributed by atoms with Gasteiger partial charge in [0.05, 0.1) is 53.3 Å². The van der Waals surface area contributed by atoms with Crippen LogP contribution in [0.3, 0.4) is 0 Å². The molecule has 1 saturated heterocycles. The molecule has 2 aromatic carbocycles. The monoisotopic (exact) mass is 573 g/mol. The molecule has 0 unspecified atom stereocenters. The minimum atomic E-state index is -1.93. The lowest BCUT2D eigenvalue weighted by Crippen LogP contribution is -2.52. The average molecular weight is 574 g/mol. The highest BCUT2D eigenvalue weighted by Gasteiger charge is 2.55. The molecule has 13 heteroatoms. The van der Waals surface area contributed by atoms with Crippen LogP contribution in [0.4, 0.5) is 0 Å². The van der Waals surface area contributed by atoms with Crippen LogP contribution in [0.25, 0.3) is 0 Å². The summed E-state index contributed by atoms with van der Waals surface area (Å²) >= 11 is 0. The smallest absolute Gasteiger partial charge is 0.316 e. The lowest BCUT2D eigenvalue weighted by atomic mass is 9.66. The molecule has 0 bridgehead atoms. The molecule has 0 saturated carbocycles. The Morgan fingerprint density at radius 3 is 2.05 bits per heavy atom. The number of aliphatic hydroxyl groups excluding tert-OH is 1. The number of aliphatic hydroxyl groups is 2. The van der Waals surface area contributed by atoms with Crippen LogP contribution in [0.5, 0.6) is 23.0 Å². The molecule has 2 aromatic rings. The predicted octanol–water partition coefficient (Wildman–Crippen LogP) is 0.967. The number of phenols is 4. The number of rotatable bonds is 4. The van der Waals surface area contributed by atoms with Gasteiger partial charge in [-0.2, -0.15) is 0 Å². The van der Waals surface area contributed by atoms with E-state index < -0.39 is 111 Å². The van der Waals surface area contributed by atoms with Gasteiger partial charge in [-0.15, -0.1) is 0 Å². The van der Waals surface area contributed by atoms with Crippen LogP contribution in [0.2, 0.25) is 0 Å². The van der Waals surface area contributed by atoms with Crippen LogP contribution in [-0.4, -0.2) is 85.4 Å². The molecule has 0 spiro atoms. The molecule has 220 valence electrons. The number of ether oxygens (including phenoxy) is 3. The molecule has 1 fully saturated rings. The Morgan fingerprint density at radius 2 is 1.56 bits per heavy atom. The van der Waals surface area contributed by atoms with E-state index in [1.54, 1.807) is 13.8 Å². The van der Waals surface area contributed by atoms with E-state index in [0.29, 0.717) is 0 Å². The Bertz CT molecular complexity index is 1460. The van der Waals surface area contributed by atoms with Crippen LogP contribution < -0.4 is 5.73 Å². The summed E-state index contributed by atoms with van der Waals surface area (Å²) in [5.74, 6) is -7.82.